The molecule has 0 radical (unpaired) electrons. The second kappa shape index (κ2) is 12.4. The number of aliphatic hydroxyl groups is 2. The van der Waals surface area contributed by atoms with Gasteiger partial charge >= 0.3 is 0 Å². The van der Waals surface area contributed by atoms with Gasteiger partial charge in [0.05, 0.1) is 19.2 Å². The molecule has 2 saturated heterocycles. The molecule has 3 aromatic rings. The van der Waals surface area contributed by atoms with Crippen molar-refractivity contribution in [3.05, 3.63) is 77.1 Å². The van der Waals surface area contributed by atoms with Crippen LogP contribution in [-0.2, 0) is 14.7 Å². The summed E-state index contributed by atoms with van der Waals surface area (Å²) in [4.78, 5) is 41.0. The van der Waals surface area contributed by atoms with Crippen molar-refractivity contribution in [2.45, 2.75) is 36.4 Å². The molecule has 3 aliphatic rings. The molecule has 3 aliphatic heterocycles. The zero-order valence-electron chi connectivity index (χ0n) is 22.4. The minimum Gasteiger partial charge on any atom is -0.387 e. The van der Waals surface area contributed by atoms with Gasteiger partial charge in [-0.2, -0.15) is 9.97 Å². The van der Waals surface area contributed by atoms with Crippen molar-refractivity contribution >= 4 is 45.7 Å². The van der Waals surface area contributed by atoms with E-state index in [9.17, 15) is 15.1 Å². The first-order chi connectivity index (χ1) is 20.3. The summed E-state index contributed by atoms with van der Waals surface area (Å²) >= 11 is 6.46. The summed E-state index contributed by atoms with van der Waals surface area (Å²) in [7, 11) is -4.42. The highest BCUT2D eigenvalue weighted by Crippen LogP contribution is 2.47. The van der Waals surface area contributed by atoms with Crippen molar-refractivity contribution in [1.29, 1.82) is 0 Å². The van der Waals surface area contributed by atoms with Gasteiger partial charge in [0.15, 0.2) is 34.6 Å². The molecule has 2 fully saturated rings. The molecule has 0 bridgehead atoms. The number of fused-ring (bicyclic) bond motifs is 1. The lowest BCUT2D eigenvalue weighted by Crippen LogP contribution is -2.44. The van der Waals surface area contributed by atoms with Gasteiger partial charge in [0, 0.05) is 18.5 Å². The SMILES string of the molecule is OC1C(COP(O)CP(O)O)OC(N2CNc3c(N4CCC(c5ccccc5)(c5ccccc5)C4)nc(Cl)nc32)C1O. The minimum absolute atomic E-state index is 0.0396. The Hall–Kier alpha value is -2.21. The molecule has 5 unspecified atom stereocenters. The van der Waals surface area contributed by atoms with Crippen molar-refractivity contribution in [1.82, 2.24) is 9.97 Å². The summed E-state index contributed by atoms with van der Waals surface area (Å²) in [6.45, 7) is 1.37. The number of hydrogen-bond acceptors (Lipinski definition) is 12. The number of nitrogens with one attached hydrogen (secondary N) is 1. The van der Waals surface area contributed by atoms with E-state index in [1.807, 2.05) is 12.1 Å². The summed E-state index contributed by atoms with van der Waals surface area (Å²) in [5.74, 6) is 0.785. The predicted octanol–water partition coefficient (Wildman–Crippen LogP) is 2.54. The summed E-state index contributed by atoms with van der Waals surface area (Å²) in [5, 5.41) is 24.9. The molecule has 1 aromatic heterocycles. The molecule has 0 spiro atoms. The number of aromatic nitrogens is 2. The van der Waals surface area contributed by atoms with Crippen LogP contribution in [0.4, 0.5) is 17.3 Å². The first-order valence-corrected chi connectivity index (χ1v) is 16.7. The summed E-state index contributed by atoms with van der Waals surface area (Å²) in [5.41, 5.74) is 2.83. The minimum atomic E-state index is -2.32. The molecular weight excluding hydrogens is 604 g/mol. The highest BCUT2D eigenvalue weighted by Gasteiger charge is 2.49. The van der Waals surface area contributed by atoms with Crippen LogP contribution < -0.4 is 15.1 Å². The lowest BCUT2D eigenvalue weighted by molar-refractivity contribution is -0.0157. The van der Waals surface area contributed by atoms with Gasteiger partial charge in [0.2, 0.25) is 5.28 Å². The van der Waals surface area contributed by atoms with Gasteiger partial charge in [0.25, 0.3) is 0 Å². The fourth-order valence-corrected chi connectivity index (χ4v) is 7.70. The van der Waals surface area contributed by atoms with E-state index < -0.39 is 41.3 Å². The van der Waals surface area contributed by atoms with E-state index in [0.717, 1.165) is 13.0 Å². The van der Waals surface area contributed by atoms with Crippen LogP contribution >= 0.6 is 28.4 Å². The smallest absolute Gasteiger partial charge is 0.226 e. The Kier molecular flexibility index (Phi) is 8.82. The normalized spacial score (nSPS) is 25.6. The Morgan fingerprint density at radius 1 is 0.976 bits per heavy atom. The quantitative estimate of drug-likeness (QED) is 0.151. The van der Waals surface area contributed by atoms with Crippen LogP contribution in [-0.4, -0.2) is 91.7 Å². The third kappa shape index (κ3) is 5.69. The van der Waals surface area contributed by atoms with Crippen LogP contribution in [0, 0.1) is 0 Å². The third-order valence-electron chi connectivity index (χ3n) is 8.04. The number of anilines is 3. The molecule has 0 amide bonds. The van der Waals surface area contributed by atoms with Gasteiger partial charge in [-0.05, 0) is 29.1 Å². The first-order valence-electron chi connectivity index (χ1n) is 13.5. The molecule has 2 aromatic carbocycles. The summed E-state index contributed by atoms with van der Waals surface area (Å²) in [6.07, 6.45) is -3.69. The van der Waals surface area contributed by atoms with Gasteiger partial charge < -0.3 is 49.3 Å². The van der Waals surface area contributed by atoms with Crippen molar-refractivity contribution in [3.8, 4) is 0 Å². The molecule has 42 heavy (non-hydrogen) atoms. The fourth-order valence-electron chi connectivity index (χ4n) is 6.03. The maximum atomic E-state index is 10.9. The molecule has 0 aliphatic carbocycles. The topological polar surface area (TPSA) is 164 Å². The number of aliphatic hydroxyl groups excluding tert-OH is 2. The molecular formula is C27H32ClN5O7P2. The Morgan fingerprint density at radius 3 is 2.26 bits per heavy atom. The summed E-state index contributed by atoms with van der Waals surface area (Å²) < 4.78 is 11.2. The molecule has 6 rings (SSSR count). The standard InChI is InChI=1S/C27H32ClN5O7P2/c28-26-30-23(32-12-11-27(14-32,17-7-3-1-4-8-17)18-9-5-2-6-10-18)20-24(31-26)33(15-29-20)25-22(35)21(34)19(40-25)13-39-42(38)16-41(36)37/h1-10,19,21-22,25,29,34-38H,11-16H2. The fraction of sp³-hybridized carbons (Fsp3) is 0.407. The average molecular weight is 636 g/mol. The molecule has 15 heteroatoms. The monoisotopic (exact) mass is 635 g/mol. The molecule has 0 saturated carbocycles. The maximum absolute atomic E-state index is 10.9. The van der Waals surface area contributed by atoms with Crippen LogP contribution in [0.25, 0.3) is 0 Å². The van der Waals surface area contributed by atoms with Crippen LogP contribution in [0.1, 0.15) is 17.5 Å². The van der Waals surface area contributed by atoms with E-state index in [0.29, 0.717) is 23.9 Å². The zero-order valence-corrected chi connectivity index (χ0v) is 25.0. The van der Waals surface area contributed by atoms with Crippen LogP contribution in [0.15, 0.2) is 60.7 Å². The van der Waals surface area contributed by atoms with Gasteiger partial charge in [-0.3, -0.25) is 0 Å². The number of benzene rings is 2. The largest absolute Gasteiger partial charge is 0.387 e. The average Bonchev–Trinajstić information content (AvgIpc) is 3.69. The third-order valence-corrected chi connectivity index (χ3v) is 10.6. The van der Waals surface area contributed by atoms with Crippen molar-refractivity contribution in [2.24, 2.45) is 0 Å². The van der Waals surface area contributed by atoms with Crippen LogP contribution in [0.5, 0.6) is 0 Å². The first kappa shape index (κ1) is 29.8. The Bertz CT molecular complexity index is 1340. The second-order valence-corrected chi connectivity index (χ2v) is 13.7. The number of ether oxygens (including phenoxy) is 1. The molecule has 4 heterocycles. The van der Waals surface area contributed by atoms with Crippen molar-refractivity contribution in [3.63, 3.8) is 0 Å². The second-order valence-electron chi connectivity index (χ2n) is 10.5. The molecule has 5 atom stereocenters. The zero-order chi connectivity index (χ0) is 29.4. The van der Waals surface area contributed by atoms with Gasteiger partial charge in [-0.1, -0.05) is 60.7 Å². The van der Waals surface area contributed by atoms with Gasteiger partial charge in [-0.15, -0.1) is 0 Å². The van der Waals surface area contributed by atoms with E-state index in [-0.39, 0.29) is 29.9 Å². The van der Waals surface area contributed by atoms with E-state index >= 15 is 0 Å². The maximum Gasteiger partial charge on any atom is 0.226 e. The lowest BCUT2D eigenvalue weighted by atomic mass is 9.74. The molecule has 224 valence electrons. The van der Waals surface area contributed by atoms with Crippen LogP contribution in [0.2, 0.25) is 5.28 Å². The highest BCUT2D eigenvalue weighted by molar-refractivity contribution is 7.63. The van der Waals surface area contributed by atoms with E-state index in [1.165, 1.54) is 11.1 Å². The lowest BCUT2D eigenvalue weighted by Gasteiger charge is -2.31. The number of hydrogen-bond donors (Lipinski definition) is 6. The molecule has 12 nitrogen and oxygen atoms in total. The van der Waals surface area contributed by atoms with E-state index in [2.05, 4.69) is 68.7 Å². The van der Waals surface area contributed by atoms with Gasteiger partial charge in [-0.25, -0.2) is 0 Å². The Morgan fingerprint density at radius 2 is 1.62 bits per heavy atom. The summed E-state index contributed by atoms with van der Waals surface area (Å²) in [6, 6.07) is 20.9. The van der Waals surface area contributed by atoms with E-state index in [1.54, 1.807) is 4.90 Å². The molecule has 6 N–H and O–H groups in total. The predicted molar refractivity (Wildman–Crippen MR) is 160 cm³/mol. The Labute approximate surface area is 250 Å². The van der Waals surface area contributed by atoms with Crippen LogP contribution in [0.3, 0.4) is 0 Å². The number of rotatable bonds is 9. The van der Waals surface area contributed by atoms with Gasteiger partial charge in [0.1, 0.15) is 24.0 Å². The number of nitrogens with zero attached hydrogens (tertiary/aromatic N) is 4. The van der Waals surface area contributed by atoms with E-state index in [4.69, 9.17) is 30.6 Å². The number of halogens is 1. The highest BCUT2D eigenvalue weighted by atomic mass is 35.5. The van der Waals surface area contributed by atoms with Crippen molar-refractivity contribution < 1.29 is 34.2 Å². The van der Waals surface area contributed by atoms with Crippen molar-refractivity contribution in [2.75, 3.05) is 47.4 Å². The Balaban J connectivity index is 1.25.